The standard InChI is InChI=1S/C8H8FNO2/c9-7-5(4-10)2-1-3-6(7)8(11)12/h1-3H,4,10H2,(H,11,12). The summed E-state index contributed by atoms with van der Waals surface area (Å²) in [5.41, 5.74) is 5.07. The Balaban J connectivity index is 3.23. The monoisotopic (exact) mass is 169 g/mol. The zero-order chi connectivity index (χ0) is 9.14. The van der Waals surface area contributed by atoms with Crippen molar-refractivity contribution in [2.45, 2.75) is 6.54 Å². The van der Waals surface area contributed by atoms with Crippen molar-refractivity contribution >= 4 is 5.97 Å². The highest BCUT2D eigenvalue weighted by Gasteiger charge is 2.11. The minimum atomic E-state index is -1.28. The number of benzene rings is 1. The number of hydrogen-bond donors (Lipinski definition) is 2. The predicted molar refractivity (Wildman–Crippen MR) is 41.3 cm³/mol. The Morgan fingerprint density at radius 1 is 1.58 bits per heavy atom. The van der Waals surface area contributed by atoms with Crippen LogP contribution in [-0.2, 0) is 6.54 Å². The van der Waals surface area contributed by atoms with Crippen molar-refractivity contribution in [1.29, 1.82) is 0 Å². The summed E-state index contributed by atoms with van der Waals surface area (Å²) in [6, 6.07) is 4.13. The Hall–Kier alpha value is -1.42. The molecule has 0 aliphatic rings. The topological polar surface area (TPSA) is 63.3 Å². The Morgan fingerprint density at radius 3 is 2.75 bits per heavy atom. The average molecular weight is 169 g/mol. The summed E-state index contributed by atoms with van der Waals surface area (Å²) in [5, 5.41) is 8.50. The summed E-state index contributed by atoms with van der Waals surface area (Å²) in [5.74, 6) is -2.02. The van der Waals surface area contributed by atoms with Crippen molar-refractivity contribution < 1.29 is 14.3 Å². The van der Waals surface area contributed by atoms with E-state index < -0.39 is 11.8 Å². The van der Waals surface area contributed by atoms with E-state index in [4.69, 9.17) is 10.8 Å². The predicted octanol–water partition coefficient (Wildman–Crippen LogP) is 0.983. The summed E-state index contributed by atoms with van der Waals surface area (Å²) in [6.07, 6.45) is 0. The first-order chi connectivity index (χ1) is 5.66. The van der Waals surface area contributed by atoms with Gasteiger partial charge in [0.05, 0.1) is 5.56 Å². The van der Waals surface area contributed by atoms with Crippen LogP contribution in [0, 0.1) is 5.82 Å². The van der Waals surface area contributed by atoms with E-state index in [1.54, 1.807) is 0 Å². The van der Waals surface area contributed by atoms with Crippen molar-refractivity contribution in [3.05, 3.63) is 35.1 Å². The van der Waals surface area contributed by atoms with Crippen LogP contribution in [0.1, 0.15) is 15.9 Å². The molecule has 0 atom stereocenters. The number of rotatable bonds is 2. The largest absolute Gasteiger partial charge is 0.478 e. The van der Waals surface area contributed by atoms with Crippen LogP contribution in [0.5, 0.6) is 0 Å². The van der Waals surface area contributed by atoms with Crippen molar-refractivity contribution in [2.75, 3.05) is 0 Å². The fourth-order valence-electron chi connectivity index (χ4n) is 0.903. The maximum atomic E-state index is 13.1. The van der Waals surface area contributed by atoms with E-state index in [1.165, 1.54) is 18.2 Å². The molecular formula is C8H8FNO2. The van der Waals surface area contributed by atoms with Gasteiger partial charge in [-0.25, -0.2) is 9.18 Å². The highest BCUT2D eigenvalue weighted by molar-refractivity contribution is 5.88. The minimum absolute atomic E-state index is 0.00690. The molecule has 0 fully saturated rings. The van der Waals surface area contributed by atoms with Crippen LogP contribution in [0.3, 0.4) is 0 Å². The van der Waals surface area contributed by atoms with Gasteiger partial charge < -0.3 is 10.8 Å². The normalized spacial score (nSPS) is 9.83. The highest BCUT2D eigenvalue weighted by atomic mass is 19.1. The molecule has 0 radical (unpaired) electrons. The van der Waals surface area contributed by atoms with Gasteiger partial charge >= 0.3 is 5.97 Å². The number of hydrogen-bond acceptors (Lipinski definition) is 2. The molecule has 0 amide bonds. The molecule has 1 aromatic carbocycles. The lowest BCUT2D eigenvalue weighted by molar-refractivity contribution is 0.0691. The molecule has 3 nitrogen and oxygen atoms in total. The number of aromatic carboxylic acids is 1. The second kappa shape index (κ2) is 3.32. The lowest BCUT2D eigenvalue weighted by Gasteiger charge is -2.01. The lowest BCUT2D eigenvalue weighted by Crippen LogP contribution is -2.06. The number of nitrogens with two attached hydrogens (primary N) is 1. The average Bonchev–Trinajstić information content (AvgIpc) is 2.04. The zero-order valence-electron chi connectivity index (χ0n) is 6.25. The van der Waals surface area contributed by atoms with Gasteiger partial charge in [-0.2, -0.15) is 0 Å². The van der Waals surface area contributed by atoms with Gasteiger partial charge in [-0.3, -0.25) is 0 Å². The van der Waals surface area contributed by atoms with Gasteiger partial charge in [0.15, 0.2) is 0 Å². The molecule has 0 saturated carbocycles. The molecule has 0 unspecified atom stereocenters. The molecule has 1 aromatic rings. The fourth-order valence-corrected chi connectivity index (χ4v) is 0.903. The molecule has 64 valence electrons. The summed E-state index contributed by atoms with van der Waals surface area (Å²) < 4.78 is 13.1. The maximum absolute atomic E-state index is 13.1. The van der Waals surface area contributed by atoms with E-state index in [0.717, 1.165) is 0 Å². The second-order valence-electron chi connectivity index (χ2n) is 2.29. The smallest absolute Gasteiger partial charge is 0.338 e. The van der Waals surface area contributed by atoms with Gasteiger partial charge in [-0.15, -0.1) is 0 Å². The van der Waals surface area contributed by atoms with Gasteiger partial charge in [0.2, 0.25) is 0 Å². The Kier molecular flexibility index (Phi) is 2.40. The van der Waals surface area contributed by atoms with Crippen molar-refractivity contribution in [3.8, 4) is 0 Å². The van der Waals surface area contributed by atoms with E-state index in [2.05, 4.69) is 0 Å². The number of halogens is 1. The van der Waals surface area contributed by atoms with Crippen LogP contribution in [0.2, 0.25) is 0 Å². The van der Waals surface area contributed by atoms with E-state index in [-0.39, 0.29) is 17.7 Å². The second-order valence-corrected chi connectivity index (χ2v) is 2.29. The summed E-state index contributed by atoms with van der Waals surface area (Å²) >= 11 is 0. The van der Waals surface area contributed by atoms with Crippen LogP contribution >= 0.6 is 0 Å². The molecule has 12 heavy (non-hydrogen) atoms. The lowest BCUT2D eigenvalue weighted by atomic mass is 10.1. The number of carboxylic acid groups (broad SMARTS) is 1. The summed E-state index contributed by atoms with van der Waals surface area (Å²) in [7, 11) is 0. The molecule has 0 spiro atoms. The Labute approximate surface area is 68.6 Å². The minimum Gasteiger partial charge on any atom is -0.478 e. The molecule has 3 N–H and O–H groups in total. The molecule has 0 bridgehead atoms. The third-order valence-corrected chi connectivity index (χ3v) is 1.53. The Morgan fingerprint density at radius 2 is 2.25 bits per heavy atom. The molecule has 0 aromatic heterocycles. The first-order valence-electron chi connectivity index (χ1n) is 3.37. The maximum Gasteiger partial charge on any atom is 0.338 e. The van der Waals surface area contributed by atoms with Crippen LogP contribution in [0.15, 0.2) is 18.2 Å². The van der Waals surface area contributed by atoms with Gasteiger partial charge in [0.25, 0.3) is 0 Å². The van der Waals surface area contributed by atoms with E-state index in [9.17, 15) is 9.18 Å². The van der Waals surface area contributed by atoms with Crippen LogP contribution in [0.4, 0.5) is 4.39 Å². The van der Waals surface area contributed by atoms with Crippen molar-refractivity contribution in [2.24, 2.45) is 5.73 Å². The highest BCUT2D eigenvalue weighted by Crippen LogP contribution is 2.11. The van der Waals surface area contributed by atoms with Crippen molar-refractivity contribution in [1.82, 2.24) is 0 Å². The van der Waals surface area contributed by atoms with E-state index in [0.29, 0.717) is 0 Å². The summed E-state index contributed by atoms with van der Waals surface area (Å²) in [4.78, 5) is 10.4. The quantitative estimate of drug-likeness (QED) is 0.693. The van der Waals surface area contributed by atoms with E-state index in [1.807, 2.05) is 0 Å². The first-order valence-corrected chi connectivity index (χ1v) is 3.37. The third kappa shape index (κ3) is 1.43. The number of carboxylic acids is 1. The molecule has 0 aliphatic carbocycles. The van der Waals surface area contributed by atoms with E-state index >= 15 is 0 Å². The zero-order valence-corrected chi connectivity index (χ0v) is 6.25. The van der Waals surface area contributed by atoms with Crippen LogP contribution in [0.25, 0.3) is 0 Å². The SMILES string of the molecule is NCc1cccc(C(=O)O)c1F. The summed E-state index contributed by atoms with van der Waals surface area (Å²) in [6.45, 7) is 0.00690. The van der Waals surface area contributed by atoms with Gasteiger partial charge in [-0.1, -0.05) is 12.1 Å². The third-order valence-electron chi connectivity index (χ3n) is 1.53. The van der Waals surface area contributed by atoms with Crippen LogP contribution in [-0.4, -0.2) is 11.1 Å². The molecule has 4 heteroatoms. The van der Waals surface area contributed by atoms with Crippen LogP contribution < -0.4 is 5.73 Å². The van der Waals surface area contributed by atoms with Gasteiger partial charge in [-0.05, 0) is 6.07 Å². The fraction of sp³-hybridized carbons (Fsp3) is 0.125. The first kappa shape index (κ1) is 8.67. The molecule has 0 saturated heterocycles. The molecule has 1 rings (SSSR count). The van der Waals surface area contributed by atoms with Gasteiger partial charge in [0, 0.05) is 12.1 Å². The molecule has 0 aliphatic heterocycles. The Bertz CT molecular complexity index is 312. The molecule has 0 heterocycles. The van der Waals surface area contributed by atoms with Crippen molar-refractivity contribution in [3.63, 3.8) is 0 Å². The van der Waals surface area contributed by atoms with Gasteiger partial charge in [0.1, 0.15) is 5.82 Å². The number of carbonyl (C=O) groups is 1. The molecular weight excluding hydrogens is 161 g/mol.